The Morgan fingerprint density at radius 1 is 1.24 bits per heavy atom. The fourth-order valence-corrected chi connectivity index (χ4v) is 4.04. The second kappa shape index (κ2) is 10.6. The number of hydrogen-bond acceptors (Lipinski definition) is 5. The van der Waals surface area contributed by atoms with Gasteiger partial charge in [-0.15, -0.1) is 11.8 Å². The van der Waals surface area contributed by atoms with Crippen molar-refractivity contribution >= 4 is 46.7 Å². The SMILES string of the molecule is CSc1ccccc1NC(=O)CCN1CCCC(C(=O)Nc2ccc(Cl)cn2)C1. The average Bonchev–Trinajstić information content (AvgIpc) is 2.74. The molecule has 2 heterocycles. The van der Waals surface area contributed by atoms with Gasteiger partial charge < -0.3 is 15.5 Å². The monoisotopic (exact) mass is 432 g/mol. The van der Waals surface area contributed by atoms with Crippen molar-refractivity contribution in [3.63, 3.8) is 0 Å². The largest absolute Gasteiger partial charge is 0.325 e. The highest BCUT2D eigenvalue weighted by atomic mass is 35.5. The van der Waals surface area contributed by atoms with Gasteiger partial charge in [-0.3, -0.25) is 9.59 Å². The molecular weight excluding hydrogens is 408 g/mol. The molecule has 1 unspecified atom stereocenters. The molecule has 0 spiro atoms. The minimum atomic E-state index is -0.110. The number of para-hydroxylation sites is 1. The first-order valence-corrected chi connectivity index (χ1v) is 11.2. The van der Waals surface area contributed by atoms with Gasteiger partial charge in [-0.2, -0.15) is 0 Å². The second-order valence-electron chi connectivity index (χ2n) is 6.99. The Kier molecular flexibility index (Phi) is 7.91. The number of halogens is 1. The smallest absolute Gasteiger partial charge is 0.229 e. The lowest BCUT2D eigenvalue weighted by atomic mass is 9.97. The van der Waals surface area contributed by atoms with Gasteiger partial charge in [-0.1, -0.05) is 23.7 Å². The highest BCUT2D eigenvalue weighted by Gasteiger charge is 2.26. The van der Waals surface area contributed by atoms with E-state index in [-0.39, 0.29) is 17.7 Å². The van der Waals surface area contributed by atoms with Gasteiger partial charge in [0.05, 0.1) is 16.6 Å². The third kappa shape index (κ3) is 6.45. The van der Waals surface area contributed by atoms with Crippen LogP contribution in [0, 0.1) is 5.92 Å². The van der Waals surface area contributed by atoms with Crippen LogP contribution in [0.2, 0.25) is 5.02 Å². The highest BCUT2D eigenvalue weighted by Crippen LogP contribution is 2.25. The third-order valence-corrected chi connectivity index (χ3v) is 5.91. The average molecular weight is 433 g/mol. The first-order valence-electron chi connectivity index (χ1n) is 9.63. The van der Waals surface area contributed by atoms with Gasteiger partial charge in [0.1, 0.15) is 5.82 Å². The van der Waals surface area contributed by atoms with E-state index < -0.39 is 0 Å². The second-order valence-corrected chi connectivity index (χ2v) is 8.27. The van der Waals surface area contributed by atoms with Gasteiger partial charge in [0.25, 0.3) is 0 Å². The van der Waals surface area contributed by atoms with Crippen molar-refractivity contribution in [2.45, 2.75) is 24.2 Å². The number of amides is 2. The standard InChI is InChI=1S/C21H25ClN4O2S/c1-29-18-7-3-2-6-17(18)24-20(27)10-12-26-11-4-5-15(14-26)21(28)25-19-9-8-16(22)13-23-19/h2-3,6-9,13,15H,4-5,10-12,14H2,1H3,(H,24,27)(H,23,25,28). The van der Waals surface area contributed by atoms with E-state index in [1.807, 2.05) is 30.5 Å². The summed E-state index contributed by atoms with van der Waals surface area (Å²) in [6.07, 6.45) is 5.67. The van der Waals surface area contributed by atoms with E-state index in [4.69, 9.17) is 11.6 Å². The number of aromatic nitrogens is 1. The van der Waals surface area contributed by atoms with Gasteiger partial charge in [-0.05, 0) is 49.9 Å². The zero-order valence-electron chi connectivity index (χ0n) is 16.4. The molecule has 2 aromatic rings. The van der Waals surface area contributed by atoms with E-state index in [0.717, 1.165) is 30.0 Å². The van der Waals surface area contributed by atoms with Crippen LogP contribution in [0.1, 0.15) is 19.3 Å². The number of carbonyl (C=O) groups is 2. The number of anilines is 2. The summed E-state index contributed by atoms with van der Waals surface area (Å²) in [5.41, 5.74) is 0.844. The summed E-state index contributed by atoms with van der Waals surface area (Å²) >= 11 is 7.43. The molecule has 0 aliphatic carbocycles. The van der Waals surface area contributed by atoms with E-state index in [0.29, 0.717) is 30.4 Å². The quantitative estimate of drug-likeness (QED) is 0.643. The Morgan fingerprint density at radius 2 is 2.07 bits per heavy atom. The first kappa shape index (κ1) is 21.6. The molecule has 8 heteroatoms. The summed E-state index contributed by atoms with van der Waals surface area (Å²) in [4.78, 5) is 32.3. The van der Waals surface area contributed by atoms with Crippen molar-refractivity contribution < 1.29 is 9.59 Å². The molecule has 1 aromatic carbocycles. The van der Waals surface area contributed by atoms with Crippen molar-refractivity contribution in [2.75, 3.05) is 36.5 Å². The zero-order chi connectivity index (χ0) is 20.6. The summed E-state index contributed by atoms with van der Waals surface area (Å²) in [7, 11) is 0. The summed E-state index contributed by atoms with van der Waals surface area (Å²) in [6, 6.07) is 11.2. The Bertz CT molecular complexity index is 847. The van der Waals surface area contributed by atoms with Crippen LogP contribution in [-0.2, 0) is 9.59 Å². The van der Waals surface area contributed by atoms with Crippen LogP contribution >= 0.6 is 23.4 Å². The summed E-state index contributed by atoms with van der Waals surface area (Å²) in [5.74, 6) is 0.344. The lowest BCUT2D eigenvalue weighted by Crippen LogP contribution is -2.41. The summed E-state index contributed by atoms with van der Waals surface area (Å²) in [5, 5.41) is 6.37. The van der Waals surface area contributed by atoms with Crippen LogP contribution in [0.3, 0.4) is 0 Å². The Morgan fingerprint density at radius 3 is 2.83 bits per heavy atom. The maximum atomic E-state index is 12.6. The minimum absolute atomic E-state index is 0.0107. The molecule has 3 rings (SSSR count). The lowest BCUT2D eigenvalue weighted by molar-refractivity contribution is -0.121. The maximum absolute atomic E-state index is 12.6. The molecule has 1 aliphatic rings. The zero-order valence-corrected chi connectivity index (χ0v) is 17.9. The van der Waals surface area contributed by atoms with E-state index in [2.05, 4.69) is 20.5 Å². The number of rotatable bonds is 7. The molecular formula is C21H25ClN4O2S. The van der Waals surface area contributed by atoms with E-state index in [9.17, 15) is 9.59 Å². The van der Waals surface area contributed by atoms with Crippen molar-refractivity contribution in [1.82, 2.24) is 9.88 Å². The van der Waals surface area contributed by atoms with Crippen LogP contribution in [-0.4, -0.2) is 47.6 Å². The van der Waals surface area contributed by atoms with E-state index >= 15 is 0 Å². The molecule has 2 N–H and O–H groups in total. The number of thioether (sulfide) groups is 1. The predicted molar refractivity (Wildman–Crippen MR) is 119 cm³/mol. The topological polar surface area (TPSA) is 74.3 Å². The van der Waals surface area contributed by atoms with E-state index in [1.165, 1.54) is 6.20 Å². The maximum Gasteiger partial charge on any atom is 0.229 e. The Balaban J connectivity index is 1.47. The fourth-order valence-electron chi connectivity index (χ4n) is 3.37. The molecule has 1 fully saturated rings. The number of pyridine rings is 1. The van der Waals surface area contributed by atoms with Crippen LogP contribution in [0.4, 0.5) is 11.5 Å². The number of nitrogens with zero attached hydrogens (tertiary/aromatic N) is 2. The van der Waals surface area contributed by atoms with E-state index in [1.54, 1.807) is 23.9 Å². The van der Waals surface area contributed by atoms with Crippen LogP contribution < -0.4 is 10.6 Å². The Labute approximate surface area is 180 Å². The third-order valence-electron chi connectivity index (χ3n) is 4.89. The summed E-state index contributed by atoms with van der Waals surface area (Å²) < 4.78 is 0. The molecule has 0 radical (unpaired) electrons. The number of benzene rings is 1. The van der Waals surface area contributed by atoms with Crippen LogP contribution in [0.5, 0.6) is 0 Å². The van der Waals surface area contributed by atoms with Crippen LogP contribution in [0.25, 0.3) is 0 Å². The molecule has 1 aromatic heterocycles. The normalized spacial score (nSPS) is 17.0. The minimum Gasteiger partial charge on any atom is -0.325 e. The molecule has 1 atom stereocenters. The van der Waals surface area contributed by atoms with Crippen molar-refractivity contribution in [3.05, 3.63) is 47.6 Å². The number of carbonyl (C=O) groups excluding carboxylic acids is 2. The number of piperidine rings is 1. The van der Waals surface area contributed by atoms with Gasteiger partial charge in [0.2, 0.25) is 11.8 Å². The predicted octanol–water partition coefficient (Wildman–Crippen LogP) is 4.14. The number of nitrogens with one attached hydrogen (secondary N) is 2. The van der Waals surface area contributed by atoms with Gasteiger partial charge in [0, 0.05) is 30.6 Å². The van der Waals surface area contributed by atoms with Gasteiger partial charge >= 0.3 is 0 Å². The van der Waals surface area contributed by atoms with Crippen molar-refractivity contribution in [2.24, 2.45) is 5.92 Å². The fraction of sp³-hybridized carbons (Fsp3) is 0.381. The highest BCUT2D eigenvalue weighted by molar-refractivity contribution is 7.98. The lowest BCUT2D eigenvalue weighted by Gasteiger charge is -2.31. The Hall–Kier alpha value is -2.09. The molecule has 2 amide bonds. The molecule has 0 saturated carbocycles. The molecule has 1 aliphatic heterocycles. The molecule has 0 bridgehead atoms. The summed E-state index contributed by atoms with van der Waals surface area (Å²) in [6.45, 7) is 2.18. The first-order chi connectivity index (χ1) is 14.0. The van der Waals surface area contributed by atoms with Gasteiger partial charge in [0.15, 0.2) is 0 Å². The van der Waals surface area contributed by atoms with Gasteiger partial charge in [-0.25, -0.2) is 4.98 Å². The number of hydrogen-bond donors (Lipinski definition) is 2. The van der Waals surface area contributed by atoms with Crippen molar-refractivity contribution in [3.8, 4) is 0 Å². The number of likely N-dealkylation sites (tertiary alicyclic amines) is 1. The van der Waals surface area contributed by atoms with Crippen molar-refractivity contribution in [1.29, 1.82) is 0 Å². The molecule has 1 saturated heterocycles. The molecule has 154 valence electrons. The molecule has 29 heavy (non-hydrogen) atoms. The molecule has 6 nitrogen and oxygen atoms in total. The van der Waals surface area contributed by atoms with Crippen LogP contribution in [0.15, 0.2) is 47.5 Å².